The van der Waals surface area contributed by atoms with Crippen molar-refractivity contribution in [1.82, 2.24) is 0 Å². The lowest BCUT2D eigenvalue weighted by Gasteiger charge is -2.08. The molecule has 2 heteroatoms. The van der Waals surface area contributed by atoms with E-state index in [2.05, 4.69) is 32.0 Å². The van der Waals surface area contributed by atoms with Gasteiger partial charge in [0.1, 0.15) is 0 Å². The molecular formula is C12H18OS. The van der Waals surface area contributed by atoms with Crippen LogP contribution in [0.15, 0.2) is 18.2 Å². The lowest BCUT2D eigenvalue weighted by Crippen LogP contribution is -2.02. The highest BCUT2D eigenvalue weighted by molar-refractivity contribution is 7.99. The highest BCUT2D eigenvalue weighted by atomic mass is 32.2. The van der Waals surface area contributed by atoms with Gasteiger partial charge in [-0.25, -0.2) is 0 Å². The molecule has 1 N–H and O–H groups in total. The third kappa shape index (κ3) is 3.35. The molecule has 0 bridgehead atoms. The standard InChI is InChI=1S/C12H18OS/c1-9-4-5-12(6-10(9)2)8-14-11(3)7-13/h4-6,11,13H,7-8H2,1-3H3. The molecular weight excluding hydrogens is 192 g/mol. The second-order valence-electron chi connectivity index (χ2n) is 3.72. The number of aliphatic hydroxyl groups is 1. The van der Waals surface area contributed by atoms with Crippen molar-refractivity contribution in [1.29, 1.82) is 0 Å². The number of benzene rings is 1. The van der Waals surface area contributed by atoms with Crippen molar-refractivity contribution >= 4 is 11.8 Å². The van der Waals surface area contributed by atoms with Crippen LogP contribution in [0.1, 0.15) is 23.6 Å². The molecule has 0 heterocycles. The summed E-state index contributed by atoms with van der Waals surface area (Å²) in [5, 5.41) is 9.22. The minimum atomic E-state index is 0.259. The van der Waals surface area contributed by atoms with E-state index in [4.69, 9.17) is 5.11 Å². The maximum Gasteiger partial charge on any atom is 0.0547 e. The molecule has 0 aliphatic heterocycles. The maximum atomic E-state index is 8.89. The molecule has 1 unspecified atom stereocenters. The summed E-state index contributed by atoms with van der Waals surface area (Å²) in [5.74, 6) is 0.989. The van der Waals surface area contributed by atoms with Crippen molar-refractivity contribution in [2.45, 2.75) is 31.8 Å². The van der Waals surface area contributed by atoms with Gasteiger partial charge in [-0.1, -0.05) is 25.1 Å². The number of aryl methyl sites for hydroxylation is 2. The van der Waals surface area contributed by atoms with Gasteiger partial charge in [-0.2, -0.15) is 11.8 Å². The molecule has 1 nitrogen and oxygen atoms in total. The van der Waals surface area contributed by atoms with Crippen LogP contribution in [-0.2, 0) is 5.75 Å². The molecule has 0 aliphatic carbocycles. The zero-order valence-corrected chi connectivity index (χ0v) is 9.90. The van der Waals surface area contributed by atoms with Crippen LogP contribution in [0, 0.1) is 13.8 Å². The predicted octanol–water partition coefficient (Wildman–Crippen LogP) is 2.92. The summed E-state index contributed by atoms with van der Waals surface area (Å²) in [5.41, 5.74) is 4.03. The third-order valence-electron chi connectivity index (χ3n) is 2.36. The number of rotatable bonds is 4. The van der Waals surface area contributed by atoms with Crippen molar-refractivity contribution in [2.24, 2.45) is 0 Å². The molecule has 0 saturated carbocycles. The summed E-state index contributed by atoms with van der Waals surface area (Å²) in [7, 11) is 0. The maximum absolute atomic E-state index is 8.89. The van der Waals surface area contributed by atoms with Crippen molar-refractivity contribution in [3.05, 3.63) is 34.9 Å². The van der Waals surface area contributed by atoms with E-state index in [1.807, 2.05) is 6.92 Å². The van der Waals surface area contributed by atoms with E-state index in [9.17, 15) is 0 Å². The van der Waals surface area contributed by atoms with Crippen LogP contribution in [0.2, 0.25) is 0 Å². The van der Waals surface area contributed by atoms with E-state index in [0.717, 1.165) is 5.75 Å². The van der Waals surface area contributed by atoms with Gasteiger partial charge in [-0.05, 0) is 30.5 Å². The highest BCUT2D eigenvalue weighted by Gasteiger charge is 2.01. The second kappa shape index (κ2) is 5.42. The van der Waals surface area contributed by atoms with Crippen LogP contribution in [0.25, 0.3) is 0 Å². The number of hydrogen-bond donors (Lipinski definition) is 1. The third-order valence-corrected chi connectivity index (χ3v) is 3.58. The minimum Gasteiger partial charge on any atom is -0.395 e. The number of hydrogen-bond acceptors (Lipinski definition) is 2. The van der Waals surface area contributed by atoms with E-state index in [1.165, 1.54) is 16.7 Å². The van der Waals surface area contributed by atoms with Crippen LogP contribution in [-0.4, -0.2) is 17.0 Å². The first-order chi connectivity index (χ1) is 6.63. The van der Waals surface area contributed by atoms with E-state index in [-0.39, 0.29) is 6.61 Å². The minimum absolute atomic E-state index is 0.259. The van der Waals surface area contributed by atoms with Gasteiger partial charge in [0.05, 0.1) is 6.61 Å². The van der Waals surface area contributed by atoms with E-state index in [0.29, 0.717) is 5.25 Å². The molecule has 0 spiro atoms. The second-order valence-corrected chi connectivity index (χ2v) is 5.15. The number of thioether (sulfide) groups is 1. The van der Waals surface area contributed by atoms with Gasteiger partial charge in [0, 0.05) is 11.0 Å². The highest BCUT2D eigenvalue weighted by Crippen LogP contribution is 2.19. The van der Waals surface area contributed by atoms with Gasteiger partial charge < -0.3 is 5.11 Å². The van der Waals surface area contributed by atoms with Crippen molar-refractivity contribution in [2.75, 3.05) is 6.61 Å². The van der Waals surface area contributed by atoms with Gasteiger partial charge in [-0.3, -0.25) is 0 Å². The van der Waals surface area contributed by atoms with Crippen LogP contribution in [0.4, 0.5) is 0 Å². The molecule has 0 amide bonds. The van der Waals surface area contributed by atoms with E-state index in [1.54, 1.807) is 11.8 Å². The Hall–Kier alpha value is -0.470. The summed E-state index contributed by atoms with van der Waals surface area (Å²) >= 11 is 1.79. The Kier molecular flexibility index (Phi) is 4.49. The van der Waals surface area contributed by atoms with Crippen LogP contribution in [0.3, 0.4) is 0 Å². The monoisotopic (exact) mass is 210 g/mol. The average molecular weight is 210 g/mol. The smallest absolute Gasteiger partial charge is 0.0547 e. The van der Waals surface area contributed by atoms with Crippen LogP contribution in [0.5, 0.6) is 0 Å². The molecule has 1 aromatic carbocycles. The topological polar surface area (TPSA) is 20.2 Å². The Morgan fingerprint density at radius 3 is 2.57 bits per heavy atom. The molecule has 1 rings (SSSR count). The van der Waals surface area contributed by atoms with Gasteiger partial charge in [-0.15, -0.1) is 0 Å². The fourth-order valence-electron chi connectivity index (χ4n) is 1.18. The molecule has 78 valence electrons. The van der Waals surface area contributed by atoms with Crippen LogP contribution >= 0.6 is 11.8 Å². The summed E-state index contributed by atoms with van der Waals surface area (Å²) in [6.45, 7) is 6.57. The Morgan fingerprint density at radius 2 is 2.00 bits per heavy atom. The zero-order chi connectivity index (χ0) is 10.6. The molecule has 14 heavy (non-hydrogen) atoms. The lowest BCUT2D eigenvalue weighted by atomic mass is 10.1. The Bertz CT molecular complexity index is 296. The Labute approximate surface area is 90.5 Å². The van der Waals surface area contributed by atoms with Crippen molar-refractivity contribution in [3.63, 3.8) is 0 Å². The molecule has 0 saturated heterocycles. The molecule has 1 aromatic rings. The first-order valence-corrected chi connectivity index (χ1v) is 5.97. The quantitative estimate of drug-likeness (QED) is 0.824. The first-order valence-electron chi connectivity index (χ1n) is 4.92. The van der Waals surface area contributed by atoms with Crippen molar-refractivity contribution < 1.29 is 5.11 Å². The number of aliphatic hydroxyl groups excluding tert-OH is 1. The molecule has 1 atom stereocenters. The van der Waals surface area contributed by atoms with E-state index < -0.39 is 0 Å². The largest absolute Gasteiger partial charge is 0.395 e. The van der Waals surface area contributed by atoms with Gasteiger partial charge in [0.2, 0.25) is 0 Å². The fraction of sp³-hybridized carbons (Fsp3) is 0.500. The summed E-state index contributed by atoms with van der Waals surface area (Å²) in [4.78, 5) is 0. The normalized spacial score (nSPS) is 12.9. The SMILES string of the molecule is Cc1ccc(CSC(C)CO)cc1C. The Morgan fingerprint density at radius 1 is 1.29 bits per heavy atom. The van der Waals surface area contributed by atoms with Gasteiger partial charge in [0.25, 0.3) is 0 Å². The van der Waals surface area contributed by atoms with Crippen LogP contribution < -0.4 is 0 Å². The van der Waals surface area contributed by atoms with E-state index >= 15 is 0 Å². The predicted molar refractivity (Wildman–Crippen MR) is 63.8 cm³/mol. The molecule has 0 fully saturated rings. The summed E-state index contributed by atoms with van der Waals surface area (Å²) in [6.07, 6.45) is 0. The van der Waals surface area contributed by atoms with Crippen molar-refractivity contribution in [3.8, 4) is 0 Å². The summed E-state index contributed by atoms with van der Waals surface area (Å²) in [6, 6.07) is 6.56. The Balaban J connectivity index is 2.55. The zero-order valence-electron chi connectivity index (χ0n) is 9.08. The molecule has 0 radical (unpaired) electrons. The average Bonchev–Trinajstić information content (AvgIpc) is 2.19. The molecule has 0 aromatic heterocycles. The fourth-order valence-corrected chi connectivity index (χ4v) is 1.95. The first kappa shape index (κ1) is 11.6. The van der Waals surface area contributed by atoms with Gasteiger partial charge >= 0.3 is 0 Å². The lowest BCUT2D eigenvalue weighted by molar-refractivity contribution is 0.300. The molecule has 0 aliphatic rings. The summed E-state index contributed by atoms with van der Waals surface area (Å²) < 4.78 is 0. The van der Waals surface area contributed by atoms with Gasteiger partial charge in [0.15, 0.2) is 0 Å².